The molecule has 2 heterocycles. The molecule has 2 aromatic heterocycles. The smallest absolute Gasteiger partial charge is 0.0382 e. The fourth-order valence-electron chi connectivity index (χ4n) is 3.82. The van der Waals surface area contributed by atoms with Gasteiger partial charge in [-0.05, 0) is 85.2 Å². The first-order valence-corrected chi connectivity index (χ1v) is 9.20. The van der Waals surface area contributed by atoms with Gasteiger partial charge in [0.1, 0.15) is 0 Å². The van der Waals surface area contributed by atoms with Crippen LogP contribution in [0.3, 0.4) is 0 Å². The zero-order chi connectivity index (χ0) is 19.1. The Morgan fingerprint density at radius 2 is 0.962 bits per heavy atom. The van der Waals surface area contributed by atoms with Gasteiger partial charge in [-0.15, -0.1) is 0 Å². The van der Waals surface area contributed by atoms with Crippen molar-refractivity contribution < 1.29 is 0 Å². The lowest BCUT2D eigenvalue weighted by Crippen LogP contribution is -2.15. The molecule has 3 aromatic rings. The molecule has 0 atom stereocenters. The molecule has 0 aliphatic heterocycles. The summed E-state index contributed by atoms with van der Waals surface area (Å²) in [5, 5.41) is 0. The number of nitrogens with zero attached hydrogens (tertiary/aromatic N) is 2. The Labute approximate surface area is 157 Å². The van der Waals surface area contributed by atoms with E-state index in [0.29, 0.717) is 0 Å². The molecule has 0 aliphatic rings. The van der Waals surface area contributed by atoms with Crippen molar-refractivity contribution >= 4 is 0 Å². The third-order valence-electron chi connectivity index (χ3n) is 4.60. The Hall–Kier alpha value is -2.48. The third-order valence-corrected chi connectivity index (χ3v) is 4.60. The fourth-order valence-corrected chi connectivity index (χ4v) is 3.82. The maximum Gasteiger partial charge on any atom is 0.0382 e. The van der Waals surface area contributed by atoms with Gasteiger partial charge in [-0.25, -0.2) is 0 Å². The Balaban J connectivity index is 2.34. The Morgan fingerprint density at radius 3 is 1.27 bits per heavy atom. The average Bonchev–Trinajstić information content (AvgIpc) is 2.51. The lowest BCUT2D eigenvalue weighted by molar-refractivity contribution is 0.593. The van der Waals surface area contributed by atoms with E-state index in [0.717, 1.165) is 22.8 Å². The van der Waals surface area contributed by atoms with Gasteiger partial charge in [0, 0.05) is 22.8 Å². The fraction of sp³-hybridized carbons (Fsp3) is 0.333. The summed E-state index contributed by atoms with van der Waals surface area (Å²) in [5.74, 6) is 0. The molecule has 0 aliphatic carbocycles. The van der Waals surface area contributed by atoms with Crippen LogP contribution in [0.4, 0.5) is 0 Å². The van der Waals surface area contributed by atoms with Crippen molar-refractivity contribution in [1.82, 2.24) is 9.97 Å². The average molecular weight is 345 g/mol. The summed E-state index contributed by atoms with van der Waals surface area (Å²) in [6, 6.07) is 15.4. The van der Waals surface area contributed by atoms with Crippen LogP contribution >= 0.6 is 0 Å². The number of rotatable bonds is 2. The van der Waals surface area contributed by atoms with Gasteiger partial charge in [0.15, 0.2) is 0 Å². The van der Waals surface area contributed by atoms with Crippen LogP contribution in [0.25, 0.3) is 22.3 Å². The first-order chi connectivity index (χ1) is 12.1. The number of aryl methyl sites for hydroxylation is 4. The van der Waals surface area contributed by atoms with E-state index in [1.807, 2.05) is 0 Å². The predicted octanol–water partition coefficient (Wildman–Crippen LogP) is 6.34. The molecule has 1 aromatic carbocycles. The monoisotopic (exact) mass is 344 g/mol. The molecule has 3 rings (SSSR count). The van der Waals surface area contributed by atoms with Crippen LogP contribution in [0.2, 0.25) is 0 Å². The molecular formula is C24H28N2. The first kappa shape index (κ1) is 18.3. The molecule has 0 spiro atoms. The molecule has 0 radical (unpaired) electrons. The highest BCUT2D eigenvalue weighted by Gasteiger charge is 2.23. The minimum atomic E-state index is 0.0160. The van der Waals surface area contributed by atoms with Crippen LogP contribution in [-0.4, -0.2) is 9.97 Å². The van der Waals surface area contributed by atoms with Gasteiger partial charge in [0.25, 0.3) is 0 Å². The summed E-state index contributed by atoms with van der Waals surface area (Å²) in [7, 11) is 0. The standard InChI is InChI=1S/C24H28N2/c1-15-11-19(12-16(2)25-15)21-9-8-10-22(23(21)24(5,6)7)20-13-17(3)26-18(4)14-20/h8-14H,1-7H3. The molecule has 26 heavy (non-hydrogen) atoms. The molecule has 0 bridgehead atoms. The van der Waals surface area contributed by atoms with E-state index >= 15 is 0 Å². The maximum atomic E-state index is 4.55. The number of hydrogen-bond donors (Lipinski definition) is 0. The van der Waals surface area contributed by atoms with Gasteiger partial charge >= 0.3 is 0 Å². The van der Waals surface area contributed by atoms with Crippen molar-refractivity contribution in [2.45, 2.75) is 53.9 Å². The Kier molecular flexibility index (Phi) is 4.70. The van der Waals surface area contributed by atoms with Crippen molar-refractivity contribution in [1.29, 1.82) is 0 Å². The first-order valence-electron chi connectivity index (χ1n) is 9.20. The number of aromatic nitrogens is 2. The van der Waals surface area contributed by atoms with Gasteiger partial charge in [-0.3, -0.25) is 9.97 Å². The summed E-state index contributed by atoms with van der Waals surface area (Å²) < 4.78 is 0. The van der Waals surface area contributed by atoms with E-state index in [4.69, 9.17) is 0 Å². The predicted molar refractivity (Wildman–Crippen MR) is 111 cm³/mol. The normalized spacial score (nSPS) is 11.7. The van der Waals surface area contributed by atoms with Crippen molar-refractivity contribution in [2.24, 2.45) is 0 Å². The van der Waals surface area contributed by atoms with Crippen LogP contribution in [0.15, 0.2) is 42.5 Å². The van der Waals surface area contributed by atoms with Crippen LogP contribution in [0, 0.1) is 27.7 Å². The van der Waals surface area contributed by atoms with Crippen molar-refractivity contribution in [3.63, 3.8) is 0 Å². The van der Waals surface area contributed by atoms with Crippen molar-refractivity contribution in [2.75, 3.05) is 0 Å². The number of hydrogen-bond acceptors (Lipinski definition) is 2. The second-order valence-electron chi connectivity index (χ2n) is 8.26. The maximum absolute atomic E-state index is 4.55. The van der Waals surface area contributed by atoms with E-state index < -0.39 is 0 Å². The highest BCUT2D eigenvalue weighted by Crippen LogP contribution is 2.40. The van der Waals surface area contributed by atoms with E-state index in [1.54, 1.807) is 0 Å². The third kappa shape index (κ3) is 3.70. The van der Waals surface area contributed by atoms with E-state index in [-0.39, 0.29) is 5.41 Å². The Bertz CT molecular complexity index is 852. The van der Waals surface area contributed by atoms with Crippen molar-refractivity contribution in [3.05, 3.63) is 70.8 Å². The second-order valence-corrected chi connectivity index (χ2v) is 8.26. The largest absolute Gasteiger partial charge is 0.258 e. The summed E-state index contributed by atoms with van der Waals surface area (Å²) in [5.41, 5.74) is 10.7. The molecule has 0 saturated heterocycles. The van der Waals surface area contributed by atoms with Crippen LogP contribution in [0.5, 0.6) is 0 Å². The molecule has 2 nitrogen and oxygen atoms in total. The summed E-state index contributed by atoms with van der Waals surface area (Å²) in [6.07, 6.45) is 0. The van der Waals surface area contributed by atoms with Gasteiger partial charge in [-0.1, -0.05) is 39.0 Å². The van der Waals surface area contributed by atoms with Crippen molar-refractivity contribution in [3.8, 4) is 22.3 Å². The summed E-state index contributed by atoms with van der Waals surface area (Å²) >= 11 is 0. The number of benzene rings is 1. The van der Waals surface area contributed by atoms with Crippen LogP contribution in [0.1, 0.15) is 49.1 Å². The molecule has 2 heteroatoms. The van der Waals surface area contributed by atoms with Gasteiger partial charge in [0.05, 0.1) is 0 Å². The van der Waals surface area contributed by atoms with E-state index in [2.05, 4.69) is 101 Å². The molecule has 134 valence electrons. The van der Waals surface area contributed by atoms with Gasteiger partial charge in [0.2, 0.25) is 0 Å². The minimum absolute atomic E-state index is 0.0160. The van der Waals surface area contributed by atoms with Crippen LogP contribution in [-0.2, 0) is 5.41 Å². The lowest BCUT2D eigenvalue weighted by atomic mass is 9.77. The van der Waals surface area contributed by atoms with Gasteiger partial charge in [-0.2, -0.15) is 0 Å². The topological polar surface area (TPSA) is 25.8 Å². The van der Waals surface area contributed by atoms with E-state index in [9.17, 15) is 0 Å². The zero-order valence-electron chi connectivity index (χ0n) is 16.9. The molecule has 0 fully saturated rings. The molecule has 0 unspecified atom stereocenters. The molecule has 0 N–H and O–H groups in total. The molecular weight excluding hydrogens is 316 g/mol. The summed E-state index contributed by atoms with van der Waals surface area (Å²) in [4.78, 5) is 9.09. The highest BCUT2D eigenvalue weighted by molar-refractivity contribution is 5.80. The second kappa shape index (κ2) is 6.68. The number of pyridine rings is 2. The molecule has 0 saturated carbocycles. The van der Waals surface area contributed by atoms with E-state index in [1.165, 1.54) is 27.8 Å². The minimum Gasteiger partial charge on any atom is -0.258 e. The molecule has 0 amide bonds. The quantitative estimate of drug-likeness (QED) is 0.542. The summed E-state index contributed by atoms with van der Waals surface area (Å²) in [6.45, 7) is 15.1. The van der Waals surface area contributed by atoms with Crippen LogP contribution < -0.4 is 0 Å². The lowest BCUT2D eigenvalue weighted by Gasteiger charge is -2.27. The Morgan fingerprint density at radius 1 is 0.615 bits per heavy atom. The zero-order valence-corrected chi connectivity index (χ0v) is 16.9. The highest BCUT2D eigenvalue weighted by atomic mass is 14.7. The van der Waals surface area contributed by atoms with Gasteiger partial charge < -0.3 is 0 Å². The SMILES string of the molecule is Cc1cc(-c2cccc(-c3cc(C)nc(C)c3)c2C(C)(C)C)cc(C)n1.